The van der Waals surface area contributed by atoms with E-state index in [0.29, 0.717) is 6.61 Å². The van der Waals surface area contributed by atoms with Crippen LogP contribution in [0.5, 0.6) is 0 Å². The highest BCUT2D eigenvalue weighted by Gasteiger charge is 2.05. The van der Waals surface area contributed by atoms with Gasteiger partial charge in [0.2, 0.25) is 0 Å². The number of benzene rings is 1. The van der Waals surface area contributed by atoms with Crippen LogP contribution in [0.15, 0.2) is 30.3 Å². The van der Waals surface area contributed by atoms with Gasteiger partial charge in [-0.3, -0.25) is 9.59 Å². The van der Waals surface area contributed by atoms with E-state index in [1.165, 1.54) is 89.0 Å². The van der Waals surface area contributed by atoms with Gasteiger partial charge in [-0.05, 0) is 24.8 Å². The van der Waals surface area contributed by atoms with E-state index in [1.54, 1.807) is 0 Å². The summed E-state index contributed by atoms with van der Waals surface area (Å²) in [5, 5.41) is 8.50. The Morgan fingerprint density at radius 3 is 1.60 bits per heavy atom. The van der Waals surface area contributed by atoms with Crippen molar-refractivity contribution in [1.29, 1.82) is 0 Å². The van der Waals surface area contributed by atoms with Crippen LogP contribution in [-0.4, -0.2) is 23.7 Å². The Balaban J connectivity index is 1.71. The van der Waals surface area contributed by atoms with Crippen LogP contribution in [0.1, 0.15) is 108 Å². The summed E-state index contributed by atoms with van der Waals surface area (Å²) < 4.78 is 5.02. The maximum absolute atomic E-state index is 11.3. The zero-order valence-electron chi connectivity index (χ0n) is 18.8. The molecule has 0 spiro atoms. The molecule has 170 valence electrons. The number of carbonyl (C=O) groups excluding carboxylic acids is 1. The molecule has 0 bridgehead atoms. The fraction of sp³-hybridized carbons (Fsp3) is 0.692. The third-order valence-electron chi connectivity index (χ3n) is 5.51. The van der Waals surface area contributed by atoms with Gasteiger partial charge in [0.15, 0.2) is 0 Å². The van der Waals surface area contributed by atoms with Gasteiger partial charge in [0.05, 0.1) is 19.4 Å². The lowest BCUT2D eigenvalue weighted by atomic mass is 10.0. The van der Waals surface area contributed by atoms with Gasteiger partial charge < -0.3 is 9.84 Å². The molecule has 0 radical (unpaired) electrons. The molecule has 1 aromatic carbocycles. The molecular weight excluding hydrogens is 376 g/mol. The minimum absolute atomic E-state index is 0.0242. The number of carboxylic acids is 1. The maximum Gasteiger partial charge on any atom is 0.306 e. The summed E-state index contributed by atoms with van der Waals surface area (Å²) in [6.45, 7) is 0.421. The third-order valence-corrected chi connectivity index (χ3v) is 5.51. The zero-order chi connectivity index (χ0) is 21.7. The maximum atomic E-state index is 11.3. The predicted octanol–water partition coefficient (Wildman–Crippen LogP) is 7.10. The molecule has 0 unspecified atom stereocenters. The molecule has 0 aromatic heterocycles. The number of carbonyl (C=O) groups is 2. The molecule has 1 rings (SSSR count). The van der Waals surface area contributed by atoms with Crippen LogP contribution >= 0.6 is 0 Å². The molecular formula is C26H42O4. The first kappa shape index (κ1) is 26.2. The van der Waals surface area contributed by atoms with E-state index in [4.69, 9.17) is 9.84 Å². The monoisotopic (exact) mass is 418 g/mol. The SMILES string of the molecule is O=C(O)CCC(=O)OCCCCCCCCCCCCCCCCc1ccccc1. The number of aryl methyl sites for hydroxylation is 1. The lowest BCUT2D eigenvalue weighted by molar-refractivity contribution is -0.147. The normalized spacial score (nSPS) is 10.8. The summed E-state index contributed by atoms with van der Waals surface area (Å²) in [6, 6.07) is 10.8. The van der Waals surface area contributed by atoms with E-state index in [2.05, 4.69) is 30.3 Å². The number of aliphatic carboxylic acids is 1. The lowest BCUT2D eigenvalue weighted by Crippen LogP contribution is -2.08. The molecule has 0 fully saturated rings. The van der Waals surface area contributed by atoms with Crippen molar-refractivity contribution < 1.29 is 19.4 Å². The van der Waals surface area contributed by atoms with Gasteiger partial charge in [0.1, 0.15) is 0 Å². The first-order valence-electron chi connectivity index (χ1n) is 12.1. The predicted molar refractivity (Wildman–Crippen MR) is 123 cm³/mol. The summed E-state index contributed by atoms with van der Waals surface area (Å²) >= 11 is 0. The minimum Gasteiger partial charge on any atom is -0.481 e. The van der Waals surface area contributed by atoms with Crippen molar-refractivity contribution in [2.45, 2.75) is 109 Å². The van der Waals surface area contributed by atoms with E-state index < -0.39 is 11.9 Å². The number of rotatable bonds is 20. The van der Waals surface area contributed by atoms with Gasteiger partial charge in [-0.15, -0.1) is 0 Å². The first-order chi connectivity index (χ1) is 14.7. The van der Waals surface area contributed by atoms with Crippen molar-refractivity contribution >= 4 is 11.9 Å². The Bertz CT molecular complexity index is 541. The largest absolute Gasteiger partial charge is 0.481 e. The van der Waals surface area contributed by atoms with Crippen LogP contribution in [0, 0.1) is 0 Å². The van der Waals surface area contributed by atoms with Crippen LogP contribution in [0.2, 0.25) is 0 Å². The molecule has 0 saturated carbocycles. The van der Waals surface area contributed by atoms with Crippen molar-refractivity contribution in [2.24, 2.45) is 0 Å². The van der Waals surface area contributed by atoms with Crippen molar-refractivity contribution in [3.8, 4) is 0 Å². The average Bonchev–Trinajstić information content (AvgIpc) is 2.75. The third kappa shape index (κ3) is 17.1. The molecule has 30 heavy (non-hydrogen) atoms. The number of esters is 1. The molecule has 0 saturated heterocycles. The number of ether oxygens (including phenoxy) is 1. The Labute approximate surface area is 183 Å². The van der Waals surface area contributed by atoms with Crippen molar-refractivity contribution in [3.05, 3.63) is 35.9 Å². The quantitative estimate of drug-likeness (QED) is 0.181. The molecule has 1 N–H and O–H groups in total. The second-order valence-corrected chi connectivity index (χ2v) is 8.30. The molecule has 0 aliphatic carbocycles. The van der Waals surface area contributed by atoms with Gasteiger partial charge in [-0.25, -0.2) is 0 Å². The molecule has 0 atom stereocenters. The van der Waals surface area contributed by atoms with Crippen LogP contribution in [0.4, 0.5) is 0 Å². The van der Waals surface area contributed by atoms with E-state index in [-0.39, 0.29) is 12.8 Å². The highest BCUT2D eigenvalue weighted by atomic mass is 16.5. The van der Waals surface area contributed by atoms with Crippen molar-refractivity contribution in [2.75, 3.05) is 6.61 Å². The second kappa shape index (κ2) is 19.1. The molecule has 0 aliphatic rings. The van der Waals surface area contributed by atoms with Gasteiger partial charge >= 0.3 is 11.9 Å². The van der Waals surface area contributed by atoms with E-state index in [9.17, 15) is 9.59 Å². The zero-order valence-corrected chi connectivity index (χ0v) is 18.8. The lowest BCUT2D eigenvalue weighted by Gasteiger charge is -2.05. The Hall–Kier alpha value is -1.84. The van der Waals surface area contributed by atoms with Crippen LogP contribution in [0.3, 0.4) is 0 Å². The van der Waals surface area contributed by atoms with Gasteiger partial charge in [-0.1, -0.05) is 107 Å². The smallest absolute Gasteiger partial charge is 0.306 e. The second-order valence-electron chi connectivity index (χ2n) is 8.30. The Morgan fingerprint density at radius 1 is 0.633 bits per heavy atom. The molecule has 0 aliphatic heterocycles. The summed E-state index contributed by atoms with van der Waals surface area (Å²) in [5.41, 5.74) is 1.47. The van der Waals surface area contributed by atoms with Crippen molar-refractivity contribution in [3.63, 3.8) is 0 Å². The van der Waals surface area contributed by atoms with E-state index in [1.807, 2.05) is 0 Å². The Morgan fingerprint density at radius 2 is 1.10 bits per heavy atom. The van der Waals surface area contributed by atoms with Gasteiger partial charge in [0, 0.05) is 0 Å². The summed E-state index contributed by atoms with van der Waals surface area (Å²) in [5.74, 6) is -1.36. The fourth-order valence-electron chi connectivity index (χ4n) is 3.66. The van der Waals surface area contributed by atoms with Crippen LogP contribution in [0.25, 0.3) is 0 Å². The Kier molecular flexibility index (Phi) is 16.7. The minimum atomic E-state index is -0.957. The molecule has 0 amide bonds. The number of hydrogen-bond donors (Lipinski definition) is 1. The average molecular weight is 419 g/mol. The van der Waals surface area contributed by atoms with Crippen LogP contribution < -0.4 is 0 Å². The molecule has 4 heteroatoms. The van der Waals surface area contributed by atoms with Gasteiger partial charge in [0.25, 0.3) is 0 Å². The summed E-state index contributed by atoms with van der Waals surface area (Å²) in [4.78, 5) is 21.6. The number of hydrogen-bond acceptors (Lipinski definition) is 3. The summed E-state index contributed by atoms with van der Waals surface area (Å²) in [6.07, 6.45) is 19.0. The highest BCUT2D eigenvalue weighted by molar-refractivity contribution is 5.76. The highest BCUT2D eigenvalue weighted by Crippen LogP contribution is 2.14. The topological polar surface area (TPSA) is 63.6 Å². The molecule has 1 aromatic rings. The standard InChI is InChI=1S/C26H42O4/c27-25(28)21-22-26(29)30-23-17-12-10-8-6-4-2-1-3-5-7-9-11-14-18-24-19-15-13-16-20-24/h13,15-16,19-20H,1-12,14,17-18,21-23H2,(H,27,28). The van der Waals surface area contributed by atoms with E-state index in [0.717, 1.165) is 12.8 Å². The van der Waals surface area contributed by atoms with Crippen LogP contribution in [-0.2, 0) is 20.7 Å². The van der Waals surface area contributed by atoms with Crippen molar-refractivity contribution in [1.82, 2.24) is 0 Å². The molecule has 4 nitrogen and oxygen atoms in total. The van der Waals surface area contributed by atoms with E-state index >= 15 is 0 Å². The number of carboxylic acid groups (broad SMARTS) is 1. The summed E-state index contributed by atoms with van der Waals surface area (Å²) in [7, 11) is 0. The molecule has 0 heterocycles. The first-order valence-corrected chi connectivity index (χ1v) is 12.1. The van der Waals surface area contributed by atoms with Gasteiger partial charge in [-0.2, -0.15) is 0 Å². The number of unbranched alkanes of at least 4 members (excludes halogenated alkanes) is 13. The fourth-order valence-corrected chi connectivity index (χ4v) is 3.66.